The van der Waals surface area contributed by atoms with Crippen LogP contribution >= 0.6 is 0 Å². The summed E-state index contributed by atoms with van der Waals surface area (Å²) in [5, 5.41) is 26.9. The van der Waals surface area contributed by atoms with E-state index in [-0.39, 0.29) is 5.56 Å². The van der Waals surface area contributed by atoms with Gasteiger partial charge >= 0.3 is 6.18 Å². The summed E-state index contributed by atoms with van der Waals surface area (Å²) >= 11 is 0. The van der Waals surface area contributed by atoms with Gasteiger partial charge in [0.15, 0.2) is 5.60 Å². The highest BCUT2D eigenvalue weighted by Crippen LogP contribution is 2.40. The van der Waals surface area contributed by atoms with Crippen LogP contribution in [-0.4, -0.2) is 11.3 Å². The minimum atomic E-state index is -4.92. The van der Waals surface area contributed by atoms with Gasteiger partial charge in [-0.1, -0.05) is 12.1 Å². The van der Waals surface area contributed by atoms with Crippen molar-refractivity contribution in [2.75, 3.05) is 0 Å². The van der Waals surface area contributed by atoms with E-state index in [1.807, 2.05) is 0 Å². The fraction of sp³-hybridized carbons (Fsp3) is 0.273. The maximum absolute atomic E-state index is 12.6. The molecule has 0 fully saturated rings. The number of nitrogens with zero attached hydrogens (tertiary/aromatic N) is 2. The van der Waals surface area contributed by atoms with Crippen molar-refractivity contribution in [2.24, 2.45) is 0 Å². The Hall–Kier alpha value is -2.05. The van der Waals surface area contributed by atoms with E-state index in [4.69, 9.17) is 10.5 Å². The number of benzene rings is 1. The number of alkyl halides is 3. The summed E-state index contributed by atoms with van der Waals surface area (Å²) in [5.74, 6) is 0. The van der Waals surface area contributed by atoms with E-state index in [9.17, 15) is 18.3 Å². The van der Waals surface area contributed by atoms with E-state index in [0.717, 1.165) is 6.07 Å². The van der Waals surface area contributed by atoms with E-state index in [1.54, 1.807) is 6.07 Å². The van der Waals surface area contributed by atoms with Gasteiger partial charge in [0.1, 0.15) is 12.1 Å². The van der Waals surface area contributed by atoms with Crippen LogP contribution in [0.2, 0.25) is 0 Å². The fourth-order valence-electron chi connectivity index (χ4n) is 1.32. The molecule has 0 aliphatic heterocycles. The molecular weight excluding hydrogens is 233 g/mol. The molecule has 1 aromatic rings. The Labute approximate surface area is 95.3 Å². The van der Waals surface area contributed by atoms with Crippen LogP contribution in [0.15, 0.2) is 18.2 Å². The van der Waals surface area contributed by atoms with E-state index in [1.165, 1.54) is 18.2 Å². The molecule has 0 radical (unpaired) electrons. The maximum atomic E-state index is 12.6. The molecule has 1 atom stereocenters. The second-order valence-corrected chi connectivity index (χ2v) is 3.52. The minimum Gasteiger partial charge on any atom is -0.376 e. The van der Waals surface area contributed by atoms with Gasteiger partial charge in [-0.2, -0.15) is 23.7 Å². The SMILES string of the molecule is CC(O)(c1cccc(C#N)c1C#N)C(F)(F)F. The van der Waals surface area contributed by atoms with Crippen LogP contribution in [0.25, 0.3) is 0 Å². The van der Waals surface area contributed by atoms with Crippen molar-refractivity contribution in [1.82, 2.24) is 0 Å². The highest BCUT2D eigenvalue weighted by atomic mass is 19.4. The highest BCUT2D eigenvalue weighted by Gasteiger charge is 2.52. The summed E-state index contributed by atoms with van der Waals surface area (Å²) in [6.07, 6.45) is -4.92. The molecule has 17 heavy (non-hydrogen) atoms. The van der Waals surface area contributed by atoms with Gasteiger partial charge in [0.25, 0.3) is 0 Å². The predicted octanol–water partition coefficient (Wildman–Crippen LogP) is 2.20. The van der Waals surface area contributed by atoms with Gasteiger partial charge in [-0.3, -0.25) is 0 Å². The van der Waals surface area contributed by atoms with Crippen LogP contribution in [-0.2, 0) is 5.60 Å². The third kappa shape index (κ3) is 2.08. The lowest BCUT2D eigenvalue weighted by atomic mass is 9.89. The lowest BCUT2D eigenvalue weighted by molar-refractivity contribution is -0.259. The molecule has 0 aliphatic carbocycles. The second kappa shape index (κ2) is 4.08. The number of halogens is 3. The minimum absolute atomic E-state index is 0.200. The number of hydrogen-bond acceptors (Lipinski definition) is 3. The van der Waals surface area contributed by atoms with E-state index >= 15 is 0 Å². The average Bonchev–Trinajstić information content (AvgIpc) is 2.26. The van der Waals surface area contributed by atoms with Crippen molar-refractivity contribution < 1.29 is 18.3 Å². The smallest absolute Gasteiger partial charge is 0.376 e. The number of hydrogen-bond donors (Lipinski definition) is 1. The number of aliphatic hydroxyl groups is 1. The topological polar surface area (TPSA) is 67.8 Å². The van der Waals surface area contributed by atoms with Gasteiger partial charge < -0.3 is 5.11 Å². The normalized spacial score (nSPS) is 14.5. The summed E-state index contributed by atoms with van der Waals surface area (Å²) in [6.45, 7) is 0.546. The summed E-state index contributed by atoms with van der Waals surface area (Å²) in [7, 11) is 0. The van der Waals surface area contributed by atoms with E-state index < -0.39 is 22.9 Å². The van der Waals surface area contributed by atoms with Gasteiger partial charge in [-0.25, -0.2) is 0 Å². The quantitative estimate of drug-likeness (QED) is 0.818. The molecule has 0 amide bonds. The molecule has 0 bridgehead atoms. The Morgan fingerprint density at radius 3 is 2.18 bits per heavy atom. The Morgan fingerprint density at radius 2 is 1.76 bits per heavy atom. The molecule has 0 heterocycles. The Bertz CT molecular complexity index is 521. The Kier molecular flexibility index (Phi) is 3.12. The van der Waals surface area contributed by atoms with Crippen molar-refractivity contribution in [3.63, 3.8) is 0 Å². The van der Waals surface area contributed by atoms with Crippen LogP contribution in [0, 0.1) is 22.7 Å². The summed E-state index contributed by atoms with van der Waals surface area (Å²) in [6, 6.07) is 6.51. The van der Waals surface area contributed by atoms with Gasteiger partial charge in [-0.15, -0.1) is 0 Å². The van der Waals surface area contributed by atoms with Crippen molar-refractivity contribution >= 4 is 0 Å². The van der Waals surface area contributed by atoms with Gasteiger partial charge in [0.2, 0.25) is 0 Å². The molecule has 6 heteroatoms. The van der Waals surface area contributed by atoms with E-state index in [2.05, 4.69) is 0 Å². The fourth-order valence-corrected chi connectivity index (χ4v) is 1.32. The summed E-state index contributed by atoms with van der Waals surface area (Å²) < 4.78 is 37.9. The largest absolute Gasteiger partial charge is 0.421 e. The maximum Gasteiger partial charge on any atom is 0.421 e. The van der Waals surface area contributed by atoms with Gasteiger partial charge in [-0.05, 0) is 13.0 Å². The zero-order chi connectivity index (χ0) is 13.3. The van der Waals surface area contributed by atoms with Gasteiger partial charge in [0, 0.05) is 5.56 Å². The van der Waals surface area contributed by atoms with E-state index in [0.29, 0.717) is 6.92 Å². The van der Waals surface area contributed by atoms with Crippen LogP contribution in [0.4, 0.5) is 13.2 Å². The van der Waals surface area contributed by atoms with Gasteiger partial charge in [0.05, 0.1) is 11.1 Å². The average molecular weight is 240 g/mol. The molecule has 1 N–H and O–H groups in total. The Balaban J connectivity index is 3.55. The molecule has 88 valence electrons. The molecule has 0 aliphatic rings. The monoisotopic (exact) mass is 240 g/mol. The first-order valence-corrected chi connectivity index (χ1v) is 4.48. The van der Waals surface area contributed by atoms with Crippen molar-refractivity contribution in [1.29, 1.82) is 10.5 Å². The molecule has 1 unspecified atom stereocenters. The molecule has 1 rings (SSSR count). The lowest BCUT2D eigenvalue weighted by Crippen LogP contribution is -2.40. The number of rotatable bonds is 1. The zero-order valence-electron chi connectivity index (χ0n) is 8.71. The van der Waals surface area contributed by atoms with Crippen molar-refractivity contribution in [2.45, 2.75) is 18.7 Å². The molecule has 3 nitrogen and oxygen atoms in total. The highest BCUT2D eigenvalue weighted by molar-refractivity contribution is 5.52. The standard InChI is InChI=1S/C11H7F3N2O/c1-10(17,11(12,13)14)9-4-2-3-7(5-15)8(9)6-16/h2-4,17H,1H3. The number of nitriles is 2. The zero-order valence-corrected chi connectivity index (χ0v) is 8.71. The first kappa shape index (κ1) is 13.0. The molecule has 0 spiro atoms. The summed E-state index contributed by atoms with van der Waals surface area (Å²) in [5.41, 5.74) is -4.44. The molecular formula is C11H7F3N2O. The Morgan fingerprint density at radius 1 is 1.18 bits per heavy atom. The third-order valence-corrected chi connectivity index (χ3v) is 2.37. The van der Waals surface area contributed by atoms with Crippen LogP contribution in [0.3, 0.4) is 0 Å². The first-order chi connectivity index (χ1) is 7.75. The van der Waals surface area contributed by atoms with Crippen LogP contribution in [0.1, 0.15) is 23.6 Å². The molecule has 0 saturated carbocycles. The first-order valence-electron chi connectivity index (χ1n) is 4.48. The van der Waals surface area contributed by atoms with Crippen molar-refractivity contribution in [3.05, 3.63) is 34.9 Å². The third-order valence-electron chi connectivity index (χ3n) is 2.37. The molecule has 0 saturated heterocycles. The van der Waals surface area contributed by atoms with Crippen molar-refractivity contribution in [3.8, 4) is 12.1 Å². The van der Waals surface area contributed by atoms with Crippen LogP contribution in [0.5, 0.6) is 0 Å². The molecule has 1 aromatic carbocycles. The summed E-state index contributed by atoms with van der Waals surface area (Å²) in [4.78, 5) is 0. The lowest BCUT2D eigenvalue weighted by Gasteiger charge is -2.27. The second-order valence-electron chi connectivity index (χ2n) is 3.52. The molecule has 0 aromatic heterocycles. The van der Waals surface area contributed by atoms with Crippen LogP contribution < -0.4 is 0 Å². The predicted molar refractivity (Wildman–Crippen MR) is 51.5 cm³/mol.